The van der Waals surface area contributed by atoms with Crippen LogP contribution in [0.15, 0.2) is 64.5 Å². The van der Waals surface area contributed by atoms with E-state index in [0.717, 1.165) is 17.6 Å². The van der Waals surface area contributed by atoms with Gasteiger partial charge in [-0.2, -0.15) is 13.2 Å². The van der Waals surface area contributed by atoms with Gasteiger partial charge in [0.25, 0.3) is 5.91 Å². The first-order valence-electron chi connectivity index (χ1n) is 12.0. The maximum absolute atomic E-state index is 13.7. The Bertz CT molecular complexity index is 1620. The summed E-state index contributed by atoms with van der Waals surface area (Å²) in [5.74, 6) is -0.880. The largest absolute Gasteiger partial charge is 0.496 e. The number of rotatable bonds is 8. The van der Waals surface area contributed by atoms with Gasteiger partial charge in [0.2, 0.25) is 0 Å². The highest BCUT2D eigenvalue weighted by atomic mass is 19.4. The molecule has 2 aromatic carbocycles. The number of methoxy groups -OCH3 is 1. The second-order valence-electron chi connectivity index (χ2n) is 9.11. The van der Waals surface area contributed by atoms with Crippen LogP contribution in [0.2, 0.25) is 0 Å². The fourth-order valence-electron chi connectivity index (χ4n) is 4.07. The molecule has 0 fully saturated rings. The van der Waals surface area contributed by atoms with E-state index in [4.69, 9.17) is 4.74 Å². The third-order valence-electron chi connectivity index (χ3n) is 6.09. The SMILES string of the molecule is COc1ccc(F)cc1C(=O)NCc1ccc(-n2c(=O)n(C(C)C(F)(F)F)c3ccnc(/N=C/N(C)C)c32)cc1. The molecule has 210 valence electrons. The summed E-state index contributed by atoms with van der Waals surface area (Å²) < 4.78 is 61.7. The number of nitrogens with one attached hydrogen (secondary N) is 1. The summed E-state index contributed by atoms with van der Waals surface area (Å²) in [5, 5.41) is 2.67. The molecule has 13 heteroatoms. The number of nitrogens with zero attached hydrogens (tertiary/aromatic N) is 5. The molecule has 1 atom stereocenters. The van der Waals surface area contributed by atoms with Crippen molar-refractivity contribution in [3.63, 3.8) is 0 Å². The molecule has 0 bridgehead atoms. The number of alkyl halides is 3. The fourth-order valence-corrected chi connectivity index (χ4v) is 4.07. The average Bonchev–Trinajstić information content (AvgIpc) is 3.21. The van der Waals surface area contributed by atoms with Gasteiger partial charge < -0.3 is 15.0 Å². The van der Waals surface area contributed by atoms with Gasteiger partial charge in [-0.1, -0.05) is 12.1 Å². The van der Waals surface area contributed by atoms with E-state index in [2.05, 4.69) is 15.3 Å². The Hall–Kier alpha value is -4.68. The fraction of sp³-hybridized carbons (Fsp3) is 0.259. The topological polar surface area (TPSA) is 93.7 Å². The second kappa shape index (κ2) is 11.2. The lowest BCUT2D eigenvalue weighted by molar-refractivity contribution is -0.162. The van der Waals surface area contributed by atoms with E-state index in [1.165, 1.54) is 37.8 Å². The first-order valence-corrected chi connectivity index (χ1v) is 12.0. The number of imidazole rings is 1. The molecule has 0 aliphatic rings. The number of fused-ring (bicyclic) bond motifs is 1. The van der Waals surface area contributed by atoms with Gasteiger partial charge in [-0.25, -0.2) is 19.2 Å². The van der Waals surface area contributed by atoms with E-state index in [-0.39, 0.29) is 40.4 Å². The molecule has 0 aliphatic carbocycles. The average molecular weight is 559 g/mol. The zero-order chi connectivity index (χ0) is 29.2. The summed E-state index contributed by atoms with van der Waals surface area (Å²) >= 11 is 0. The van der Waals surface area contributed by atoms with Crippen LogP contribution in [0, 0.1) is 5.82 Å². The van der Waals surface area contributed by atoms with Gasteiger partial charge in [0, 0.05) is 26.8 Å². The van der Waals surface area contributed by atoms with E-state index in [0.29, 0.717) is 10.1 Å². The number of aliphatic imine (C=N–C) groups is 1. The smallest absolute Gasteiger partial charge is 0.409 e. The molecule has 4 aromatic rings. The maximum Gasteiger partial charge on any atom is 0.409 e. The highest BCUT2D eigenvalue weighted by Crippen LogP contribution is 2.34. The number of aromatic nitrogens is 3. The third kappa shape index (κ3) is 5.67. The van der Waals surface area contributed by atoms with E-state index in [1.807, 2.05) is 0 Å². The predicted octanol–water partition coefficient (Wildman–Crippen LogP) is 4.61. The van der Waals surface area contributed by atoms with Gasteiger partial charge in [-0.3, -0.25) is 13.9 Å². The lowest BCUT2D eigenvalue weighted by Gasteiger charge is -2.17. The molecule has 1 N–H and O–H groups in total. The number of benzene rings is 2. The summed E-state index contributed by atoms with van der Waals surface area (Å²) in [4.78, 5) is 36.1. The predicted molar refractivity (Wildman–Crippen MR) is 142 cm³/mol. The Morgan fingerprint density at radius 1 is 1.18 bits per heavy atom. The Morgan fingerprint density at radius 3 is 2.50 bits per heavy atom. The standard InChI is InChI=1S/C27H26F4N6O3/c1-16(27(29,30)31)36-21-11-12-32-24(34-15-35(2)3)23(21)37(26(36)39)19-8-5-17(6-9-19)14-33-25(38)20-13-18(28)7-10-22(20)40-4/h5-13,15-16H,14H2,1-4H3,(H,33,38)/b34-15+. The van der Waals surface area contributed by atoms with E-state index in [1.54, 1.807) is 43.3 Å². The van der Waals surface area contributed by atoms with Crippen molar-refractivity contribution in [3.05, 3.63) is 82.2 Å². The summed E-state index contributed by atoms with van der Waals surface area (Å²) in [5.41, 5.74) is 0.150. The number of carbonyl (C=O) groups is 1. The van der Waals surface area contributed by atoms with Crippen molar-refractivity contribution < 1.29 is 27.1 Å². The normalized spacial score (nSPS) is 12.6. The Balaban J connectivity index is 1.72. The number of halogens is 4. The zero-order valence-electron chi connectivity index (χ0n) is 22.0. The number of hydrogen-bond donors (Lipinski definition) is 1. The number of pyridine rings is 1. The van der Waals surface area contributed by atoms with Crippen LogP contribution in [0.3, 0.4) is 0 Å². The number of ether oxygens (including phenoxy) is 1. The van der Waals surface area contributed by atoms with Crippen molar-refractivity contribution in [3.8, 4) is 11.4 Å². The van der Waals surface area contributed by atoms with Gasteiger partial charge in [0.05, 0.1) is 30.2 Å². The van der Waals surface area contributed by atoms with E-state index < -0.39 is 29.6 Å². The van der Waals surface area contributed by atoms with Gasteiger partial charge >= 0.3 is 11.9 Å². The van der Waals surface area contributed by atoms with Crippen molar-refractivity contribution in [2.45, 2.75) is 25.7 Å². The van der Waals surface area contributed by atoms with E-state index in [9.17, 15) is 27.2 Å². The first kappa shape index (κ1) is 28.3. The molecule has 2 heterocycles. The molecule has 1 unspecified atom stereocenters. The van der Waals surface area contributed by atoms with Crippen molar-refractivity contribution >= 4 is 29.1 Å². The molecule has 1 amide bonds. The Kier molecular flexibility index (Phi) is 7.93. The van der Waals surface area contributed by atoms with Gasteiger partial charge in [0.1, 0.15) is 23.1 Å². The number of hydrogen-bond acceptors (Lipinski definition) is 5. The monoisotopic (exact) mass is 558 g/mol. The maximum atomic E-state index is 13.7. The molecular formula is C27H26F4N6O3. The highest BCUT2D eigenvalue weighted by molar-refractivity contribution is 5.97. The van der Waals surface area contributed by atoms with Crippen LogP contribution in [-0.2, 0) is 6.54 Å². The van der Waals surface area contributed by atoms with Crippen molar-refractivity contribution in [1.82, 2.24) is 24.3 Å². The van der Waals surface area contributed by atoms with Crippen molar-refractivity contribution in [2.24, 2.45) is 4.99 Å². The van der Waals surface area contributed by atoms with Gasteiger partial charge in [0.15, 0.2) is 5.82 Å². The zero-order valence-corrected chi connectivity index (χ0v) is 22.0. The van der Waals surface area contributed by atoms with Crippen molar-refractivity contribution in [1.29, 1.82) is 0 Å². The molecule has 0 radical (unpaired) electrons. The van der Waals surface area contributed by atoms with Crippen LogP contribution in [0.5, 0.6) is 5.75 Å². The summed E-state index contributed by atoms with van der Waals surface area (Å²) in [7, 11) is 4.80. The Morgan fingerprint density at radius 2 is 1.88 bits per heavy atom. The highest BCUT2D eigenvalue weighted by Gasteiger charge is 2.40. The van der Waals surface area contributed by atoms with Gasteiger partial charge in [-0.15, -0.1) is 0 Å². The summed E-state index contributed by atoms with van der Waals surface area (Å²) in [6, 6.07) is 9.13. The molecule has 0 spiro atoms. The van der Waals surface area contributed by atoms with Crippen molar-refractivity contribution in [2.75, 3.05) is 21.2 Å². The number of amides is 1. The van der Waals surface area contributed by atoms with Crippen LogP contribution >= 0.6 is 0 Å². The lowest BCUT2D eigenvalue weighted by atomic mass is 10.1. The summed E-state index contributed by atoms with van der Waals surface area (Å²) in [6.45, 7) is 0.966. The minimum Gasteiger partial charge on any atom is -0.496 e. The minimum absolute atomic E-state index is 0.0237. The van der Waals surface area contributed by atoms with Gasteiger partial charge in [-0.05, 0) is 48.9 Å². The second-order valence-corrected chi connectivity index (χ2v) is 9.11. The first-order chi connectivity index (χ1) is 18.9. The molecule has 40 heavy (non-hydrogen) atoms. The molecule has 0 saturated carbocycles. The number of carbonyl (C=O) groups excluding carboxylic acids is 1. The van der Waals surface area contributed by atoms with Crippen LogP contribution in [-0.4, -0.2) is 58.6 Å². The molecule has 9 nitrogen and oxygen atoms in total. The molecular weight excluding hydrogens is 532 g/mol. The molecule has 4 rings (SSSR count). The molecule has 0 aliphatic heterocycles. The minimum atomic E-state index is -4.67. The summed E-state index contributed by atoms with van der Waals surface area (Å²) in [6.07, 6.45) is -1.94. The lowest BCUT2D eigenvalue weighted by Crippen LogP contribution is -2.33. The third-order valence-corrected chi connectivity index (χ3v) is 6.09. The van der Waals surface area contributed by atoms with Crippen LogP contribution in [0.4, 0.5) is 23.4 Å². The van der Waals surface area contributed by atoms with E-state index >= 15 is 0 Å². The van der Waals surface area contributed by atoms with Crippen LogP contribution in [0.25, 0.3) is 16.7 Å². The Labute approximate surface area is 226 Å². The molecule has 2 aromatic heterocycles. The van der Waals surface area contributed by atoms with Crippen LogP contribution < -0.4 is 15.7 Å². The quantitative estimate of drug-likeness (QED) is 0.194. The molecule has 0 saturated heterocycles. The van der Waals surface area contributed by atoms with Crippen LogP contribution in [0.1, 0.15) is 28.9 Å².